The Labute approximate surface area is 261 Å². The Bertz CT molecular complexity index is 1060. The minimum atomic E-state index is -4.84. The SMILES string of the molecule is CCCCCCCCCCCCC/C=C/[C@@H](OC(=O)c1ccccc1)[C@@H](N)CO[C@@H]1O[C@H](COS(=O)(=O)O)[C@H](O)[C@H](O)[C@H]1O. The summed E-state index contributed by atoms with van der Waals surface area (Å²) in [5.41, 5.74) is 6.67. The molecule has 0 aromatic heterocycles. The van der Waals surface area contributed by atoms with Gasteiger partial charge in [-0.2, -0.15) is 8.42 Å². The Kier molecular flexibility index (Phi) is 18.2. The molecule has 1 aromatic rings. The number of aliphatic hydroxyl groups excluding tert-OH is 3. The van der Waals surface area contributed by atoms with E-state index in [0.717, 1.165) is 19.3 Å². The summed E-state index contributed by atoms with van der Waals surface area (Å²) in [4.78, 5) is 12.8. The largest absolute Gasteiger partial charge is 0.453 e. The summed E-state index contributed by atoms with van der Waals surface area (Å²) in [6.45, 7) is 1.09. The van der Waals surface area contributed by atoms with Crippen molar-refractivity contribution < 1.29 is 51.5 Å². The van der Waals surface area contributed by atoms with Crippen LogP contribution in [0.1, 0.15) is 94.3 Å². The number of ether oxygens (including phenoxy) is 3. The van der Waals surface area contributed by atoms with Crippen molar-refractivity contribution in [3.63, 3.8) is 0 Å². The molecule has 0 bridgehead atoms. The van der Waals surface area contributed by atoms with Gasteiger partial charge in [0.25, 0.3) is 0 Å². The lowest BCUT2D eigenvalue weighted by atomic mass is 9.99. The normalized spacial score (nSPS) is 23.9. The number of allylic oxidation sites excluding steroid dienone is 1. The van der Waals surface area contributed by atoms with E-state index in [2.05, 4.69) is 11.1 Å². The lowest BCUT2D eigenvalue weighted by molar-refractivity contribution is -0.301. The number of benzene rings is 1. The molecule has 1 fully saturated rings. The van der Waals surface area contributed by atoms with Crippen molar-refractivity contribution in [2.45, 2.75) is 127 Å². The van der Waals surface area contributed by atoms with Gasteiger partial charge in [-0.05, 0) is 31.1 Å². The van der Waals surface area contributed by atoms with E-state index in [0.29, 0.717) is 5.56 Å². The van der Waals surface area contributed by atoms with Crippen LogP contribution in [0.3, 0.4) is 0 Å². The Morgan fingerprint density at radius 2 is 1.52 bits per heavy atom. The highest BCUT2D eigenvalue weighted by molar-refractivity contribution is 7.80. The summed E-state index contributed by atoms with van der Waals surface area (Å²) >= 11 is 0. The maximum atomic E-state index is 12.8. The Morgan fingerprint density at radius 3 is 2.11 bits per heavy atom. The van der Waals surface area contributed by atoms with Crippen molar-refractivity contribution >= 4 is 16.4 Å². The van der Waals surface area contributed by atoms with E-state index in [-0.39, 0.29) is 6.61 Å². The molecule has 0 saturated carbocycles. The number of nitrogens with two attached hydrogens (primary N) is 1. The molecule has 44 heavy (non-hydrogen) atoms. The van der Waals surface area contributed by atoms with E-state index >= 15 is 0 Å². The van der Waals surface area contributed by atoms with Crippen LogP contribution in [0.4, 0.5) is 0 Å². The van der Waals surface area contributed by atoms with Gasteiger partial charge in [-0.1, -0.05) is 95.4 Å². The zero-order valence-electron chi connectivity index (χ0n) is 25.6. The van der Waals surface area contributed by atoms with Crippen molar-refractivity contribution in [3.8, 4) is 0 Å². The fourth-order valence-corrected chi connectivity index (χ4v) is 5.14. The van der Waals surface area contributed by atoms with Gasteiger partial charge in [0.2, 0.25) is 0 Å². The number of hydrogen-bond donors (Lipinski definition) is 5. The molecule has 0 amide bonds. The van der Waals surface area contributed by atoms with Crippen LogP contribution in [0.25, 0.3) is 0 Å². The van der Waals surface area contributed by atoms with Gasteiger partial charge in [-0.25, -0.2) is 8.98 Å². The van der Waals surface area contributed by atoms with Gasteiger partial charge in [0, 0.05) is 0 Å². The first kappa shape index (κ1) is 38.2. The van der Waals surface area contributed by atoms with Crippen molar-refractivity contribution in [3.05, 3.63) is 48.0 Å². The highest BCUT2D eigenvalue weighted by Crippen LogP contribution is 2.23. The summed E-state index contributed by atoms with van der Waals surface area (Å²) in [5, 5.41) is 30.6. The van der Waals surface area contributed by atoms with Crippen LogP contribution in [0.15, 0.2) is 42.5 Å². The molecule has 0 aliphatic carbocycles. The Hall–Kier alpha value is -1.94. The monoisotopic (exact) mass is 645 g/mol. The number of carbonyl (C=O) groups is 1. The molecule has 6 N–H and O–H groups in total. The predicted molar refractivity (Wildman–Crippen MR) is 164 cm³/mol. The molecule has 0 radical (unpaired) electrons. The number of rotatable bonds is 22. The average molecular weight is 646 g/mol. The van der Waals surface area contributed by atoms with Crippen LogP contribution in [0.2, 0.25) is 0 Å². The van der Waals surface area contributed by atoms with Gasteiger partial charge in [0.05, 0.1) is 24.8 Å². The van der Waals surface area contributed by atoms with Crippen LogP contribution in [0, 0.1) is 0 Å². The van der Waals surface area contributed by atoms with E-state index in [1.165, 1.54) is 57.8 Å². The second-order valence-corrected chi connectivity index (χ2v) is 12.3. The first-order valence-electron chi connectivity index (χ1n) is 15.6. The van der Waals surface area contributed by atoms with E-state index in [1.54, 1.807) is 36.4 Å². The molecule has 12 nitrogen and oxygen atoms in total. The number of aliphatic hydroxyl groups is 3. The van der Waals surface area contributed by atoms with E-state index in [1.807, 2.05) is 6.08 Å². The Morgan fingerprint density at radius 1 is 0.932 bits per heavy atom. The van der Waals surface area contributed by atoms with Crippen molar-refractivity contribution in [1.29, 1.82) is 0 Å². The molecule has 0 spiro atoms. The van der Waals surface area contributed by atoms with E-state index in [9.17, 15) is 28.5 Å². The van der Waals surface area contributed by atoms with Crippen LogP contribution >= 0.6 is 0 Å². The predicted octanol–water partition coefficient (Wildman–Crippen LogP) is 3.44. The zero-order chi connectivity index (χ0) is 32.4. The van der Waals surface area contributed by atoms with Gasteiger partial charge >= 0.3 is 16.4 Å². The van der Waals surface area contributed by atoms with E-state index < -0.39 is 65.8 Å². The third kappa shape index (κ3) is 14.9. The first-order valence-corrected chi connectivity index (χ1v) is 17.0. The minimum Gasteiger partial charge on any atom is -0.453 e. The molecule has 7 atom stereocenters. The Balaban J connectivity index is 1.88. The van der Waals surface area contributed by atoms with Crippen molar-refractivity contribution in [2.24, 2.45) is 5.73 Å². The summed E-state index contributed by atoms with van der Waals surface area (Å²) in [7, 11) is -4.84. The quantitative estimate of drug-likeness (QED) is 0.0534. The molecule has 1 aliphatic rings. The summed E-state index contributed by atoms with van der Waals surface area (Å²) < 4.78 is 51.5. The maximum Gasteiger partial charge on any atom is 0.397 e. The van der Waals surface area contributed by atoms with Crippen LogP contribution in [-0.4, -0.2) is 90.3 Å². The van der Waals surface area contributed by atoms with Gasteiger partial charge in [-0.15, -0.1) is 0 Å². The van der Waals surface area contributed by atoms with Crippen molar-refractivity contribution in [2.75, 3.05) is 13.2 Å². The van der Waals surface area contributed by atoms with Crippen molar-refractivity contribution in [1.82, 2.24) is 0 Å². The standard InChI is InChI=1S/C31H51NO11S/c1-2-3-4-5-6-7-8-9-10-11-12-13-17-20-25(42-30(36)23-18-15-14-16-19-23)24(32)21-40-31-29(35)28(34)27(33)26(43-31)22-41-44(37,38)39/h14-20,24-29,31,33-35H,2-13,21-22,32H2,1H3,(H,37,38,39)/b20-17+/t24-,25+,26+,27-,28-,29+,31+/m0/s1. The van der Waals surface area contributed by atoms with E-state index in [4.69, 9.17) is 24.5 Å². The average Bonchev–Trinajstić information content (AvgIpc) is 3.00. The molecule has 0 unspecified atom stereocenters. The molecular weight excluding hydrogens is 594 g/mol. The first-order chi connectivity index (χ1) is 21.0. The molecular formula is C31H51NO11S. The molecule has 1 heterocycles. The summed E-state index contributed by atoms with van der Waals surface area (Å²) in [5.74, 6) is -0.583. The highest BCUT2D eigenvalue weighted by atomic mass is 32.3. The summed E-state index contributed by atoms with van der Waals surface area (Å²) in [6.07, 6.45) is 8.89. The lowest BCUT2D eigenvalue weighted by Gasteiger charge is -2.40. The second kappa shape index (κ2) is 21.0. The van der Waals surface area contributed by atoms with Gasteiger partial charge < -0.3 is 35.3 Å². The third-order valence-corrected chi connectivity index (χ3v) is 7.91. The topological polar surface area (TPSA) is 195 Å². The molecule has 1 saturated heterocycles. The van der Waals surface area contributed by atoms with Crippen LogP contribution in [0.5, 0.6) is 0 Å². The third-order valence-electron chi connectivity index (χ3n) is 7.48. The fourth-order valence-electron chi connectivity index (χ4n) is 4.84. The molecule has 252 valence electrons. The highest BCUT2D eigenvalue weighted by Gasteiger charge is 2.45. The second-order valence-electron chi connectivity index (χ2n) is 11.2. The molecule has 1 aliphatic heterocycles. The lowest BCUT2D eigenvalue weighted by Crippen LogP contribution is -2.60. The smallest absolute Gasteiger partial charge is 0.397 e. The number of carbonyl (C=O) groups excluding carboxylic acids is 1. The molecule has 2 rings (SSSR count). The molecule has 1 aromatic carbocycles. The minimum absolute atomic E-state index is 0.300. The summed E-state index contributed by atoms with van der Waals surface area (Å²) in [6, 6.07) is 7.51. The van der Waals surface area contributed by atoms with Crippen LogP contribution in [-0.2, 0) is 28.8 Å². The van der Waals surface area contributed by atoms with Gasteiger partial charge in [0.1, 0.15) is 30.5 Å². The van der Waals surface area contributed by atoms with Gasteiger partial charge in [-0.3, -0.25) is 4.55 Å². The zero-order valence-corrected chi connectivity index (χ0v) is 26.4. The number of esters is 1. The molecule has 13 heteroatoms. The van der Waals surface area contributed by atoms with Gasteiger partial charge in [0.15, 0.2) is 6.29 Å². The number of unbranched alkanes of at least 4 members (excludes halogenated alkanes) is 11. The maximum absolute atomic E-state index is 12.8. The van der Waals surface area contributed by atoms with Crippen LogP contribution < -0.4 is 5.73 Å². The fraction of sp³-hybridized carbons (Fsp3) is 0.710. The number of hydrogen-bond acceptors (Lipinski definition) is 11.